The molecule has 0 aliphatic carbocycles. The number of benzene rings is 1. The number of halogens is 1. The molecule has 0 radical (unpaired) electrons. The maximum absolute atomic E-state index is 4.57. The molecule has 1 aromatic carbocycles. The molecule has 0 amide bonds. The molecule has 2 aromatic rings. The molecule has 0 spiro atoms. The topological polar surface area (TPSA) is 29.9 Å². The zero-order valence-corrected chi connectivity index (χ0v) is 13.8. The summed E-state index contributed by atoms with van der Waals surface area (Å²) in [6.07, 6.45) is 4.23. The molecule has 1 N–H and O–H groups in total. The molecule has 0 bridgehead atoms. The Balaban J connectivity index is 2.20. The van der Waals surface area contributed by atoms with Gasteiger partial charge in [0.25, 0.3) is 0 Å². The first-order chi connectivity index (χ1) is 9.74. The average molecular weight is 336 g/mol. The normalized spacial score (nSPS) is 10.9. The second-order valence-corrected chi connectivity index (χ2v) is 5.85. The van der Waals surface area contributed by atoms with E-state index in [1.807, 2.05) is 6.20 Å². The summed E-state index contributed by atoms with van der Waals surface area (Å²) >= 11 is 3.52. The van der Waals surface area contributed by atoms with Crippen LogP contribution < -0.4 is 5.32 Å². The Hall–Kier alpha value is -1.13. The molecular formula is C16H22BrN3. The van der Waals surface area contributed by atoms with Crippen LogP contribution in [0.4, 0.5) is 0 Å². The van der Waals surface area contributed by atoms with Crippen LogP contribution in [0.15, 0.2) is 34.9 Å². The molecule has 108 valence electrons. The Bertz CT molecular complexity index is 548. The van der Waals surface area contributed by atoms with E-state index in [4.69, 9.17) is 0 Å². The molecule has 0 atom stereocenters. The van der Waals surface area contributed by atoms with Gasteiger partial charge in [-0.05, 0) is 30.7 Å². The van der Waals surface area contributed by atoms with Crippen molar-refractivity contribution in [3.05, 3.63) is 51.8 Å². The van der Waals surface area contributed by atoms with Gasteiger partial charge in [0.15, 0.2) is 0 Å². The van der Waals surface area contributed by atoms with Crippen molar-refractivity contribution in [3.63, 3.8) is 0 Å². The van der Waals surface area contributed by atoms with Crippen molar-refractivity contribution in [2.45, 2.75) is 39.8 Å². The molecule has 4 heteroatoms. The smallest absolute Gasteiger partial charge is 0.0663 e. The van der Waals surface area contributed by atoms with Crippen LogP contribution in [-0.4, -0.2) is 16.3 Å². The Morgan fingerprint density at radius 2 is 2.15 bits per heavy atom. The fourth-order valence-electron chi connectivity index (χ4n) is 2.33. The minimum absolute atomic E-state index is 0.834. The van der Waals surface area contributed by atoms with Gasteiger partial charge in [0.1, 0.15) is 0 Å². The van der Waals surface area contributed by atoms with Crippen molar-refractivity contribution in [1.82, 2.24) is 15.1 Å². The first kappa shape index (κ1) is 15.3. The lowest BCUT2D eigenvalue weighted by Gasteiger charge is -2.10. The molecule has 0 saturated carbocycles. The van der Waals surface area contributed by atoms with E-state index in [-0.39, 0.29) is 0 Å². The minimum atomic E-state index is 0.834. The zero-order chi connectivity index (χ0) is 14.4. The molecule has 0 aliphatic heterocycles. The average Bonchev–Trinajstić information content (AvgIpc) is 2.80. The lowest BCUT2D eigenvalue weighted by molar-refractivity contribution is 0.629. The van der Waals surface area contributed by atoms with Crippen LogP contribution in [0.5, 0.6) is 0 Å². The first-order valence-electron chi connectivity index (χ1n) is 7.23. The molecule has 2 rings (SSSR count). The van der Waals surface area contributed by atoms with E-state index >= 15 is 0 Å². The van der Waals surface area contributed by atoms with E-state index in [2.05, 4.69) is 69.1 Å². The molecule has 0 unspecified atom stereocenters. The van der Waals surface area contributed by atoms with Gasteiger partial charge in [-0.25, -0.2) is 0 Å². The lowest BCUT2D eigenvalue weighted by atomic mass is 10.1. The maximum atomic E-state index is 4.57. The molecule has 0 aliphatic rings. The molecule has 1 aromatic heterocycles. The molecule has 20 heavy (non-hydrogen) atoms. The number of nitrogens with one attached hydrogen (secondary N) is 1. The summed E-state index contributed by atoms with van der Waals surface area (Å²) in [6, 6.07) is 8.42. The monoisotopic (exact) mass is 335 g/mol. The highest BCUT2D eigenvalue weighted by Gasteiger charge is 2.10. The highest BCUT2D eigenvalue weighted by atomic mass is 79.9. The third-order valence-electron chi connectivity index (χ3n) is 3.31. The van der Waals surface area contributed by atoms with Crippen LogP contribution >= 0.6 is 15.9 Å². The van der Waals surface area contributed by atoms with Crippen molar-refractivity contribution in [2.24, 2.45) is 0 Å². The Labute approximate surface area is 129 Å². The minimum Gasteiger partial charge on any atom is -0.313 e. The largest absolute Gasteiger partial charge is 0.313 e. The van der Waals surface area contributed by atoms with Crippen LogP contribution in [-0.2, 0) is 19.5 Å². The number of nitrogens with zero attached hydrogens (tertiary/aromatic N) is 2. The SMILES string of the molecule is CCCc1c(CNCC)cnn1Cc1cccc(Br)c1. The van der Waals surface area contributed by atoms with Gasteiger partial charge in [-0.1, -0.05) is 48.3 Å². The summed E-state index contributed by atoms with van der Waals surface area (Å²) in [5.41, 5.74) is 3.95. The predicted molar refractivity (Wildman–Crippen MR) is 86.8 cm³/mol. The van der Waals surface area contributed by atoms with Gasteiger partial charge in [0.05, 0.1) is 12.7 Å². The molecule has 3 nitrogen and oxygen atoms in total. The van der Waals surface area contributed by atoms with Gasteiger partial charge in [0, 0.05) is 22.3 Å². The van der Waals surface area contributed by atoms with Gasteiger partial charge < -0.3 is 5.32 Å². The van der Waals surface area contributed by atoms with Crippen LogP contribution in [0.25, 0.3) is 0 Å². The van der Waals surface area contributed by atoms with E-state index in [0.717, 1.165) is 36.9 Å². The second kappa shape index (κ2) is 7.60. The van der Waals surface area contributed by atoms with Crippen LogP contribution in [0.1, 0.15) is 37.1 Å². The fraction of sp³-hybridized carbons (Fsp3) is 0.438. The Morgan fingerprint density at radius 3 is 2.85 bits per heavy atom. The van der Waals surface area contributed by atoms with Crippen molar-refractivity contribution in [3.8, 4) is 0 Å². The fourth-order valence-corrected chi connectivity index (χ4v) is 2.77. The summed E-state index contributed by atoms with van der Waals surface area (Å²) in [4.78, 5) is 0. The van der Waals surface area contributed by atoms with Crippen LogP contribution in [0.2, 0.25) is 0 Å². The van der Waals surface area contributed by atoms with Gasteiger partial charge in [-0.2, -0.15) is 5.10 Å². The van der Waals surface area contributed by atoms with Crippen molar-refractivity contribution in [2.75, 3.05) is 6.54 Å². The molecule has 1 heterocycles. The van der Waals surface area contributed by atoms with Crippen LogP contribution in [0, 0.1) is 0 Å². The van der Waals surface area contributed by atoms with Crippen molar-refractivity contribution >= 4 is 15.9 Å². The number of hydrogen-bond donors (Lipinski definition) is 1. The van der Waals surface area contributed by atoms with Gasteiger partial charge in [0.2, 0.25) is 0 Å². The van der Waals surface area contributed by atoms with Gasteiger partial charge in [-0.15, -0.1) is 0 Å². The molecular weight excluding hydrogens is 314 g/mol. The summed E-state index contributed by atoms with van der Waals surface area (Å²) in [6.45, 7) is 7.08. The lowest BCUT2D eigenvalue weighted by Crippen LogP contribution is -2.14. The van der Waals surface area contributed by atoms with Crippen molar-refractivity contribution in [1.29, 1.82) is 0 Å². The summed E-state index contributed by atoms with van der Waals surface area (Å²) in [5, 5.41) is 7.96. The number of hydrogen-bond acceptors (Lipinski definition) is 2. The molecule has 0 saturated heterocycles. The van der Waals surface area contributed by atoms with Gasteiger partial charge in [-0.3, -0.25) is 4.68 Å². The number of aromatic nitrogens is 2. The van der Waals surface area contributed by atoms with E-state index in [0.29, 0.717) is 0 Å². The zero-order valence-electron chi connectivity index (χ0n) is 12.2. The first-order valence-corrected chi connectivity index (χ1v) is 8.02. The quantitative estimate of drug-likeness (QED) is 0.834. The standard InChI is InChI=1S/C16H22BrN3/c1-3-6-16-14(10-18-4-2)11-19-20(16)12-13-7-5-8-15(17)9-13/h5,7-9,11,18H,3-4,6,10,12H2,1-2H3. The predicted octanol–water partition coefficient (Wildman–Crippen LogP) is 3.76. The Kier molecular flexibility index (Phi) is 5.80. The van der Waals surface area contributed by atoms with E-state index in [1.165, 1.54) is 16.8 Å². The highest BCUT2D eigenvalue weighted by Crippen LogP contribution is 2.16. The van der Waals surface area contributed by atoms with Crippen molar-refractivity contribution < 1.29 is 0 Å². The second-order valence-electron chi connectivity index (χ2n) is 4.93. The third-order valence-corrected chi connectivity index (χ3v) is 3.80. The summed E-state index contributed by atoms with van der Waals surface area (Å²) in [5.74, 6) is 0. The van der Waals surface area contributed by atoms with Gasteiger partial charge >= 0.3 is 0 Å². The summed E-state index contributed by atoms with van der Waals surface area (Å²) < 4.78 is 3.25. The highest BCUT2D eigenvalue weighted by molar-refractivity contribution is 9.10. The Morgan fingerprint density at radius 1 is 1.30 bits per heavy atom. The van der Waals surface area contributed by atoms with E-state index in [9.17, 15) is 0 Å². The van der Waals surface area contributed by atoms with E-state index < -0.39 is 0 Å². The molecule has 0 fully saturated rings. The third kappa shape index (κ3) is 3.93. The number of rotatable bonds is 7. The maximum Gasteiger partial charge on any atom is 0.0663 e. The van der Waals surface area contributed by atoms with Crippen LogP contribution in [0.3, 0.4) is 0 Å². The van der Waals surface area contributed by atoms with E-state index in [1.54, 1.807) is 0 Å². The summed E-state index contributed by atoms with van der Waals surface area (Å²) in [7, 11) is 0.